The van der Waals surface area contributed by atoms with E-state index in [2.05, 4.69) is 0 Å². The van der Waals surface area contributed by atoms with Crippen molar-refractivity contribution in [2.75, 3.05) is 0 Å². The van der Waals surface area contributed by atoms with E-state index < -0.39 is 11.9 Å². The Labute approximate surface area is 135 Å². The van der Waals surface area contributed by atoms with Crippen molar-refractivity contribution in [3.8, 4) is 0 Å². The van der Waals surface area contributed by atoms with E-state index in [0.29, 0.717) is 0 Å². The molecular formula is C14H24CdO4. The Morgan fingerprint density at radius 1 is 0.737 bits per heavy atom. The molecule has 0 heterocycles. The fourth-order valence-corrected chi connectivity index (χ4v) is 2.74. The first-order chi connectivity index (χ1) is 8.30. The molecule has 0 atom stereocenters. The standard InChI is InChI=1S/2C7H12O2.Cd/c2*1-7(6(8)9)4-2-3-5-7;/h2*2-5H2,1H3,(H,8,9);. The summed E-state index contributed by atoms with van der Waals surface area (Å²) in [4.78, 5) is 21.0. The topological polar surface area (TPSA) is 74.6 Å². The normalized spacial score (nSPS) is 22.8. The van der Waals surface area contributed by atoms with Gasteiger partial charge in [0.05, 0.1) is 10.8 Å². The van der Waals surface area contributed by atoms with Crippen LogP contribution in [0.5, 0.6) is 0 Å². The Hall–Kier alpha value is -0.138. The summed E-state index contributed by atoms with van der Waals surface area (Å²) in [6, 6.07) is 0. The van der Waals surface area contributed by atoms with E-state index in [1.165, 1.54) is 0 Å². The molecule has 19 heavy (non-hydrogen) atoms. The third-order valence-corrected chi connectivity index (χ3v) is 4.45. The molecule has 0 spiro atoms. The van der Waals surface area contributed by atoms with Crippen LogP contribution in [-0.4, -0.2) is 22.2 Å². The zero-order valence-electron chi connectivity index (χ0n) is 12.1. The molecule has 2 rings (SSSR count). The number of hydrogen-bond acceptors (Lipinski definition) is 2. The van der Waals surface area contributed by atoms with Gasteiger partial charge in [-0.05, 0) is 39.5 Å². The van der Waals surface area contributed by atoms with Crippen molar-refractivity contribution < 1.29 is 47.1 Å². The van der Waals surface area contributed by atoms with Crippen LogP contribution < -0.4 is 0 Å². The summed E-state index contributed by atoms with van der Waals surface area (Å²) in [5, 5.41) is 17.3. The molecular weight excluding hydrogens is 345 g/mol. The zero-order valence-corrected chi connectivity index (χ0v) is 16.1. The Morgan fingerprint density at radius 2 is 0.947 bits per heavy atom. The summed E-state index contributed by atoms with van der Waals surface area (Å²) in [5.74, 6) is -1.25. The van der Waals surface area contributed by atoms with Crippen LogP contribution in [0.25, 0.3) is 0 Å². The fourth-order valence-electron chi connectivity index (χ4n) is 2.74. The summed E-state index contributed by atoms with van der Waals surface area (Å²) in [6.07, 6.45) is 7.80. The van der Waals surface area contributed by atoms with Gasteiger partial charge >= 0.3 is 11.9 Å². The van der Waals surface area contributed by atoms with Gasteiger partial charge in [0.1, 0.15) is 0 Å². The van der Waals surface area contributed by atoms with Crippen LogP contribution in [-0.2, 0) is 36.9 Å². The molecule has 0 amide bonds. The van der Waals surface area contributed by atoms with E-state index in [0.717, 1.165) is 51.4 Å². The second-order valence-electron chi connectivity index (χ2n) is 6.15. The van der Waals surface area contributed by atoms with Gasteiger partial charge in [0.15, 0.2) is 0 Å². The first-order valence-corrected chi connectivity index (χ1v) is 6.77. The van der Waals surface area contributed by atoms with E-state index in [-0.39, 0.29) is 38.1 Å². The number of carboxylic acids is 2. The average molecular weight is 369 g/mol. The molecule has 0 aromatic rings. The molecule has 0 aromatic carbocycles. The van der Waals surface area contributed by atoms with Gasteiger partial charge in [0.25, 0.3) is 0 Å². The quantitative estimate of drug-likeness (QED) is 0.733. The Kier molecular flexibility index (Phi) is 7.54. The van der Waals surface area contributed by atoms with Gasteiger partial charge in [-0.2, -0.15) is 0 Å². The number of carboxylic acid groups (broad SMARTS) is 2. The van der Waals surface area contributed by atoms with E-state index in [9.17, 15) is 9.59 Å². The molecule has 2 N–H and O–H groups in total. The molecule has 0 saturated heterocycles. The van der Waals surface area contributed by atoms with E-state index in [1.54, 1.807) is 0 Å². The Bertz CT molecular complexity index is 283. The minimum atomic E-state index is -0.625. The van der Waals surface area contributed by atoms with Crippen molar-refractivity contribution in [1.29, 1.82) is 0 Å². The molecule has 2 aliphatic rings. The monoisotopic (exact) mass is 370 g/mol. The number of aliphatic carboxylic acids is 2. The molecule has 0 aromatic heterocycles. The fraction of sp³-hybridized carbons (Fsp3) is 0.857. The van der Waals surface area contributed by atoms with Crippen molar-refractivity contribution in [1.82, 2.24) is 0 Å². The number of rotatable bonds is 2. The predicted octanol–water partition coefficient (Wildman–Crippen LogP) is 3.30. The van der Waals surface area contributed by atoms with Crippen molar-refractivity contribution in [3.63, 3.8) is 0 Å². The van der Waals surface area contributed by atoms with Gasteiger partial charge in [-0.3, -0.25) is 9.59 Å². The summed E-state index contributed by atoms with van der Waals surface area (Å²) in [7, 11) is 0. The van der Waals surface area contributed by atoms with Crippen molar-refractivity contribution in [2.45, 2.75) is 65.2 Å². The molecule has 0 radical (unpaired) electrons. The second-order valence-corrected chi connectivity index (χ2v) is 6.15. The third-order valence-electron chi connectivity index (χ3n) is 4.45. The minimum Gasteiger partial charge on any atom is -0.481 e. The van der Waals surface area contributed by atoms with Crippen LogP contribution in [0, 0.1) is 10.8 Å². The largest absolute Gasteiger partial charge is 0.481 e. The van der Waals surface area contributed by atoms with Gasteiger partial charge in [0, 0.05) is 27.3 Å². The first kappa shape index (κ1) is 18.9. The number of hydrogen-bond donors (Lipinski definition) is 2. The SMILES string of the molecule is CC1(C(=O)O)CCCC1.CC1(C(=O)O)CCCC1.[Cd]. The van der Waals surface area contributed by atoms with Gasteiger partial charge in [-0.25, -0.2) is 0 Å². The Balaban J connectivity index is 0.000000324. The molecule has 2 saturated carbocycles. The zero-order chi connectivity index (χ0) is 13.8. The van der Waals surface area contributed by atoms with Crippen LogP contribution >= 0.6 is 0 Å². The summed E-state index contributed by atoms with van der Waals surface area (Å²) < 4.78 is 0. The average Bonchev–Trinajstić information content (AvgIpc) is 2.90. The maximum Gasteiger partial charge on any atom is 0.309 e. The number of carbonyl (C=O) groups is 2. The molecule has 0 aliphatic heterocycles. The van der Waals surface area contributed by atoms with E-state index in [1.807, 2.05) is 13.8 Å². The van der Waals surface area contributed by atoms with Gasteiger partial charge in [-0.15, -0.1) is 0 Å². The van der Waals surface area contributed by atoms with E-state index >= 15 is 0 Å². The van der Waals surface area contributed by atoms with Crippen LogP contribution in [0.15, 0.2) is 0 Å². The van der Waals surface area contributed by atoms with Crippen LogP contribution in [0.2, 0.25) is 0 Å². The van der Waals surface area contributed by atoms with Crippen LogP contribution in [0.4, 0.5) is 0 Å². The van der Waals surface area contributed by atoms with Crippen LogP contribution in [0.1, 0.15) is 65.2 Å². The molecule has 0 unspecified atom stereocenters. The van der Waals surface area contributed by atoms with Gasteiger partial charge in [0.2, 0.25) is 0 Å². The van der Waals surface area contributed by atoms with Crippen LogP contribution in [0.3, 0.4) is 0 Å². The van der Waals surface area contributed by atoms with Crippen molar-refractivity contribution in [2.24, 2.45) is 10.8 Å². The van der Waals surface area contributed by atoms with Crippen molar-refractivity contribution in [3.05, 3.63) is 0 Å². The van der Waals surface area contributed by atoms with Crippen molar-refractivity contribution >= 4 is 11.9 Å². The van der Waals surface area contributed by atoms with Gasteiger partial charge < -0.3 is 10.2 Å². The molecule has 2 aliphatic carbocycles. The smallest absolute Gasteiger partial charge is 0.309 e. The molecule has 2 fully saturated rings. The van der Waals surface area contributed by atoms with E-state index in [4.69, 9.17) is 10.2 Å². The molecule has 0 bridgehead atoms. The maximum atomic E-state index is 10.5. The summed E-state index contributed by atoms with van der Waals surface area (Å²) in [5.41, 5.74) is -0.778. The third kappa shape index (κ3) is 5.04. The maximum absolute atomic E-state index is 10.5. The second kappa shape index (κ2) is 7.59. The molecule has 106 valence electrons. The Morgan fingerprint density at radius 3 is 1.05 bits per heavy atom. The first-order valence-electron chi connectivity index (χ1n) is 6.77. The summed E-state index contributed by atoms with van der Waals surface area (Å²) >= 11 is 0. The van der Waals surface area contributed by atoms with Gasteiger partial charge in [-0.1, -0.05) is 25.7 Å². The predicted molar refractivity (Wildman–Crippen MR) is 68.4 cm³/mol. The molecule has 4 nitrogen and oxygen atoms in total. The summed E-state index contributed by atoms with van der Waals surface area (Å²) in [6.45, 7) is 3.67. The molecule has 5 heteroatoms. The minimum absolute atomic E-state index is 0.